The van der Waals surface area contributed by atoms with Crippen molar-refractivity contribution in [3.63, 3.8) is 0 Å². The molecule has 3 aromatic rings. The molecule has 0 bridgehead atoms. The second-order valence-electron chi connectivity index (χ2n) is 7.22. The fourth-order valence-electron chi connectivity index (χ4n) is 3.54. The Kier molecular flexibility index (Phi) is 5.16. The number of rotatable bonds is 3. The average Bonchev–Trinajstić information content (AvgIpc) is 2.92. The molecule has 0 fully saturated rings. The first kappa shape index (κ1) is 18.9. The first-order valence-electron chi connectivity index (χ1n) is 9.53. The van der Waals surface area contributed by atoms with E-state index in [4.69, 9.17) is 9.47 Å². The topological polar surface area (TPSA) is 64.5 Å². The largest absolute Gasteiger partial charge is 0.497 e. The van der Waals surface area contributed by atoms with Gasteiger partial charge in [0.1, 0.15) is 24.4 Å². The highest BCUT2D eigenvalue weighted by Gasteiger charge is 2.27. The molecule has 2 heterocycles. The Labute approximate surface area is 170 Å². The first-order chi connectivity index (χ1) is 14.1. The van der Waals surface area contributed by atoms with Gasteiger partial charge >= 0.3 is 0 Å². The summed E-state index contributed by atoms with van der Waals surface area (Å²) in [6, 6.07) is 11.5. The molecule has 1 amide bonds. The van der Waals surface area contributed by atoms with Crippen LogP contribution in [0.25, 0.3) is 11.1 Å². The first-order valence-corrected chi connectivity index (χ1v) is 9.53. The lowest BCUT2D eigenvalue weighted by Gasteiger charge is -2.27. The quantitative estimate of drug-likeness (QED) is 0.680. The zero-order chi connectivity index (χ0) is 20.4. The molecule has 6 heteroatoms. The van der Waals surface area contributed by atoms with Crippen molar-refractivity contribution in [2.24, 2.45) is 0 Å². The monoisotopic (exact) mass is 389 g/mol. The summed E-state index contributed by atoms with van der Waals surface area (Å²) >= 11 is 0. The lowest BCUT2D eigenvalue weighted by molar-refractivity contribution is 0.0644. The van der Waals surface area contributed by atoms with Crippen LogP contribution in [0.5, 0.6) is 11.5 Å². The molecule has 0 saturated heterocycles. The Hall–Kier alpha value is -3.41. The lowest BCUT2D eigenvalue weighted by Crippen LogP contribution is -2.40. The van der Waals surface area contributed by atoms with Gasteiger partial charge in [-0.1, -0.05) is 6.07 Å². The van der Waals surface area contributed by atoms with Crippen molar-refractivity contribution in [3.05, 3.63) is 71.8 Å². The van der Waals surface area contributed by atoms with Crippen LogP contribution in [0, 0.1) is 6.92 Å². The molecule has 1 atom stereocenters. The molecule has 0 radical (unpaired) electrons. The van der Waals surface area contributed by atoms with Gasteiger partial charge in [0.2, 0.25) is 0 Å². The maximum absolute atomic E-state index is 13.4. The number of ether oxygens (including phenoxy) is 2. The number of carbonyl (C=O) groups is 1. The van der Waals surface area contributed by atoms with Gasteiger partial charge in [0.05, 0.1) is 19.7 Å². The number of hydrogen-bond donors (Lipinski definition) is 0. The van der Waals surface area contributed by atoms with E-state index in [1.165, 1.54) is 6.33 Å². The number of aryl methyl sites for hydroxylation is 1. The van der Waals surface area contributed by atoms with Gasteiger partial charge in [0, 0.05) is 29.1 Å². The summed E-state index contributed by atoms with van der Waals surface area (Å²) in [5.41, 5.74) is 4.46. The van der Waals surface area contributed by atoms with Crippen LogP contribution in [0.4, 0.5) is 0 Å². The highest BCUT2D eigenvalue weighted by Crippen LogP contribution is 2.31. The van der Waals surface area contributed by atoms with Crippen molar-refractivity contribution in [1.82, 2.24) is 14.9 Å². The number of benzene rings is 2. The molecule has 0 spiro atoms. The van der Waals surface area contributed by atoms with Gasteiger partial charge in [0.25, 0.3) is 5.91 Å². The Bertz CT molecular complexity index is 1040. The predicted molar refractivity (Wildman–Crippen MR) is 110 cm³/mol. The average molecular weight is 389 g/mol. The molecular formula is C23H23N3O3. The van der Waals surface area contributed by atoms with Crippen molar-refractivity contribution in [2.75, 3.05) is 13.7 Å². The minimum atomic E-state index is -0.0556. The zero-order valence-electron chi connectivity index (χ0n) is 16.8. The molecule has 0 N–H and O–H groups in total. The molecule has 1 aliphatic heterocycles. The van der Waals surface area contributed by atoms with Crippen LogP contribution in [-0.2, 0) is 6.54 Å². The fraction of sp³-hybridized carbons (Fsp3) is 0.261. The van der Waals surface area contributed by atoms with E-state index in [1.807, 2.05) is 55.1 Å². The number of aromatic nitrogens is 2. The van der Waals surface area contributed by atoms with Gasteiger partial charge in [-0.3, -0.25) is 4.79 Å². The third-order valence-electron chi connectivity index (χ3n) is 5.23. The summed E-state index contributed by atoms with van der Waals surface area (Å²) in [7, 11) is 1.62. The summed E-state index contributed by atoms with van der Waals surface area (Å²) in [6.07, 6.45) is 5.06. The van der Waals surface area contributed by atoms with Crippen molar-refractivity contribution in [1.29, 1.82) is 0 Å². The van der Waals surface area contributed by atoms with Crippen LogP contribution in [0.15, 0.2) is 55.1 Å². The Morgan fingerprint density at radius 1 is 1.14 bits per heavy atom. The van der Waals surface area contributed by atoms with Crippen LogP contribution in [0.1, 0.15) is 28.4 Å². The van der Waals surface area contributed by atoms with Crippen LogP contribution >= 0.6 is 0 Å². The van der Waals surface area contributed by atoms with Gasteiger partial charge in [-0.25, -0.2) is 9.97 Å². The number of carbonyl (C=O) groups excluding carboxylic acids is 1. The molecule has 6 nitrogen and oxygen atoms in total. The fourth-order valence-corrected chi connectivity index (χ4v) is 3.54. The molecule has 29 heavy (non-hydrogen) atoms. The summed E-state index contributed by atoms with van der Waals surface area (Å²) in [6.45, 7) is 4.86. The van der Waals surface area contributed by atoms with Crippen LogP contribution in [0.2, 0.25) is 0 Å². The Morgan fingerprint density at radius 3 is 2.66 bits per heavy atom. The van der Waals surface area contributed by atoms with Gasteiger partial charge in [-0.05, 0) is 55.3 Å². The smallest absolute Gasteiger partial charge is 0.254 e. The number of methoxy groups -OCH3 is 1. The highest BCUT2D eigenvalue weighted by atomic mass is 16.5. The summed E-state index contributed by atoms with van der Waals surface area (Å²) in [4.78, 5) is 23.4. The molecule has 148 valence electrons. The van der Waals surface area contributed by atoms with E-state index in [9.17, 15) is 4.79 Å². The summed E-state index contributed by atoms with van der Waals surface area (Å²) in [5.74, 6) is 1.54. The van der Waals surface area contributed by atoms with Crippen molar-refractivity contribution >= 4 is 5.91 Å². The Balaban J connectivity index is 1.67. The second-order valence-corrected chi connectivity index (χ2v) is 7.22. The van der Waals surface area contributed by atoms with E-state index in [1.54, 1.807) is 19.5 Å². The van der Waals surface area contributed by atoms with Gasteiger partial charge < -0.3 is 14.4 Å². The van der Waals surface area contributed by atoms with Crippen LogP contribution in [-0.4, -0.2) is 40.5 Å². The third kappa shape index (κ3) is 3.78. The molecule has 1 aliphatic rings. The molecular weight excluding hydrogens is 366 g/mol. The minimum Gasteiger partial charge on any atom is -0.497 e. The molecule has 2 aromatic carbocycles. The standard InChI is InChI=1S/C23H23N3O3/c1-15-8-20(28-3)5-6-21(15)23(27)26-12-18-9-17(19-10-24-14-25-11-19)4-7-22(18)29-13-16(26)2/h4-11,14,16H,12-13H2,1-3H3/t16-/m0/s1. The molecule has 0 unspecified atom stereocenters. The normalized spacial score (nSPS) is 15.8. The van der Waals surface area contributed by atoms with Crippen molar-refractivity contribution < 1.29 is 14.3 Å². The minimum absolute atomic E-state index is 0.0115. The Morgan fingerprint density at radius 2 is 1.93 bits per heavy atom. The van der Waals surface area contributed by atoms with E-state index < -0.39 is 0 Å². The lowest BCUT2D eigenvalue weighted by atomic mass is 10.0. The maximum atomic E-state index is 13.4. The molecule has 0 aliphatic carbocycles. The van der Waals surface area contributed by atoms with Crippen LogP contribution in [0.3, 0.4) is 0 Å². The molecule has 0 saturated carbocycles. The van der Waals surface area contributed by atoms with Gasteiger partial charge in [-0.2, -0.15) is 0 Å². The SMILES string of the molecule is COc1ccc(C(=O)N2Cc3cc(-c4cncnc4)ccc3OC[C@@H]2C)c(C)c1. The van der Waals surface area contributed by atoms with Crippen molar-refractivity contribution in [2.45, 2.75) is 26.4 Å². The van der Waals surface area contributed by atoms with Gasteiger partial charge in [-0.15, -0.1) is 0 Å². The number of amides is 1. The molecule has 4 rings (SSSR count). The predicted octanol–water partition coefficient (Wildman–Crippen LogP) is 3.88. The summed E-state index contributed by atoms with van der Waals surface area (Å²) < 4.78 is 11.3. The third-order valence-corrected chi connectivity index (χ3v) is 5.23. The maximum Gasteiger partial charge on any atom is 0.254 e. The van der Waals surface area contributed by atoms with E-state index in [2.05, 4.69) is 9.97 Å². The molecule has 1 aromatic heterocycles. The van der Waals surface area contributed by atoms with E-state index in [0.29, 0.717) is 18.7 Å². The van der Waals surface area contributed by atoms with E-state index in [-0.39, 0.29) is 11.9 Å². The number of hydrogen-bond acceptors (Lipinski definition) is 5. The van der Waals surface area contributed by atoms with E-state index in [0.717, 1.165) is 33.8 Å². The zero-order valence-corrected chi connectivity index (χ0v) is 16.8. The number of nitrogens with zero attached hydrogens (tertiary/aromatic N) is 3. The highest BCUT2D eigenvalue weighted by molar-refractivity contribution is 5.96. The van der Waals surface area contributed by atoms with Crippen molar-refractivity contribution in [3.8, 4) is 22.6 Å². The number of fused-ring (bicyclic) bond motifs is 1. The van der Waals surface area contributed by atoms with E-state index >= 15 is 0 Å². The second kappa shape index (κ2) is 7.91. The summed E-state index contributed by atoms with van der Waals surface area (Å²) in [5, 5.41) is 0. The van der Waals surface area contributed by atoms with Crippen LogP contribution < -0.4 is 9.47 Å². The van der Waals surface area contributed by atoms with Gasteiger partial charge in [0.15, 0.2) is 0 Å².